The van der Waals surface area contributed by atoms with Crippen LogP contribution in [0.4, 0.5) is 18.0 Å². The van der Waals surface area contributed by atoms with E-state index >= 15 is 0 Å². The molecule has 9 nitrogen and oxygen atoms in total. The molecule has 5 N–H and O–H groups in total. The van der Waals surface area contributed by atoms with Crippen LogP contribution >= 0.6 is 0 Å². The van der Waals surface area contributed by atoms with Crippen molar-refractivity contribution < 1.29 is 37.0 Å². The molecule has 45 heavy (non-hydrogen) atoms. The fourth-order valence-corrected chi connectivity index (χ4v) is 4.15. The van der Waals surface area contributed by atoms with E-state index < -0.39 is 48.4 Å². The third-order valence-electron chi connectivity index (χ3n) is 6.36. The number of nitrogens with two attached hydrogens (primary N) is 1. The standard InChI is InChI=1S/C33H39F3N4O5/c1-32(2,3)45-31(43)39-20-25-11-9-24(10-12-25)19-38-30(42)28(18-22-7-5-4-6-8-22)40-29(41)27(37)17-23-13-15-26(16-14-23)44-21-33(34,35)36/h4-16,27-28H,17-21,37H2,1-3H3,(H,38,42)(H,39,43)(H,40,41)/t27-,28+/m1/s1. The summed E-state index contributed by atoms with van der Waals surface area (Å²) in [5.41, 5.74) is 8.66. The van der Waals surface area contributed by atoms with Crippen LogP contribution in [0.25, 0.3) is 0 Å². The molecule has 3 aromatic carbocycles. The summed E-state index contributed by atoms with van der Waals surface area (Å²) in [6.45, 7) is 4.43. The molecule has 12 heteroatoms. The number of hydrogen-bond acceptors (Lipinski definition) is 6. The number of alkyl carbamates (subject to hydrolysis) is 1. The summed E-state index contributed by atoms with van der Waals surface area (Å²) in [6, 6.07) is 20.4. The maximum atomic E-state index is 13.2. The lowest BCUT2D eigenvalue weighted by molar-refractivity contribution is -0.153. The first-order valence-corrected chi connectivity index (χ1v) is 14.4. The van der Waals surface area contributed by atoms with Gasteiger partial charge in [0.25, 0.3) is 0 Å². The lowest BCUT2D eigenvalue weighted by Crippen LogP contribution is -2.52. The van der Waals surface area contributed by atoms with Crippen LogP contribution in [0.2, 0.25) is 0 Å². The zero-order valence-corrected chi connectivity index (χ0v) is 25.4. The fourth-order valence-electron chi connectivity index (χ4n) is 4.15. The van der Waals surface area contributed by atoms with E-state index in [2.05, 4.69) is 16.0 Å². The van der Waals surface area contributed by atoms with Crippen LogP contribution in [0.5, 0.6) is 5.75 Å². The molecule has 0 fully saturated rings. The number of amides is 3. The molecule has 3 aromatic rings. The zero-order valence-electron chi connectivity index (χ0n) is 25.4. The molecule has 2 atom stereocenters. The van der Waals surface area contributed by atoms with Gasteiger partial charge in [0.05, 0.1) is 6.04 Å². The van der Waals surface area contributed by atoms with E-state index in [4.69, 9.17) is 15.2 Å². The lowest BCUT2D eigenvalue weighted by Gasteiger charge is -2.21. The molecule has 0 radical (unpaired) electrons. The summed E-state index contributed by atoms with van der Waals surface area (Å²) in [5.74, 6) is -0.910. The van der Waals surface area contributed by atoms with Crippen LogP contribution in [0.1, 0.15) is 43.0 Å². The van der Waals surface area contributed by atoms with Gasteiger partial charge < -0.3 is 31.2 Å². The molecular weight excluding hydrogens is 589 g/mol. The lowest BCUT2D eigenvalue weighted by atomic mass is 10.0. The van der Waals surface area contributed by atoms with E-state index in [0.717, 1.165) is 16.7 Å². The number of carbonyl (C=O) groups is 3. The van der Waals surface area contributed by atoms with Gasteiger partial charge in [0, 0.05) is 19.5 Å². The van der Waals surface area contributed by atoms with Gasteiger partial charge in [0.2, 0.25) is 11.8 Å². The minimum absolute atomic E-state index is 0.0424. The Bertz CT molecular complexity index is 1390. The number of ether oxygens (including phenoxy) is 2. The van der Waals surface area contributed by atoms with Crippen molar-refractivity contribution in [1.29, 1.82) is 0 Å². The first-order chi connectivity index (χ1) is 21.2. The van der Waals surface area contributed by atoms with Crippen molar-refractivity contribution in [3.63, 3.8) is 0 Å². The number of rotatable bonds is 13. The molecule has 3 amide bonds. The molecule has 0 saturated heterocycles. The van der Waals surface area contributed by atoms with E-state index in [9.17, 15) is 27.6 Å². The van der Waals surface area contributed by atoms with Crippen molar-refractivity contribution >= 4 is 17.9 Å². The van der Waals surface area contributed by atoms with Gasteiger partial charge >= 0.3 is 12.3 Å². The maximum absolute atomic E-state index is 13.2. The average molecular weight is 629 g/mol. The number of benzene rings is 3. The summed E-state index contributed by atoms with van der Waals surface area (Å²) in [4.78, 5) is 38.2. The Hall–Kier alpha value is -4.58. The van der Waals surface area contributed by atoms with Crippen molar-refractivity contribution in [2.75, 3.05) is 6.61 Å². The Labute approximate surface area is 260 Å². The normalized spacial score (nSPS) is 12.9. The number of alkyl halides is 3. The largest absolute Gasteiger partial charge is 0.484 e. The highest BCUT2D eigenvalue weighted by atomic mass is 19.4. The van der Waals surface area contributed by atoms with Crippen LogP contribution in [-0.2, 0) is 40.3 Å². The Morgan fingerprint density at radius 3 is 1.82 bits per heavy atom. The highest BCUT2D eigenvalue weighted by molar-refractivity contribution is 5.90. The predicted octanol–water partition coefficient (Wildman–Crippen LogP) is 4.57. The van der Waals surface area contributed by atoms with Crippen LogP contribution < -0.4 is 26.4 Å². The van der Waals surface area contributed by atoms with Gasteiger partial charge in [0.1, 0.15) is 17.4 Å². The smallest absolute Gasteiger partial charge is 0.422 e. The van der Waals surface area contributed by atoms with Gasteiger partial charge in [0.15, 0.2) is 6.61 Å². The van der Waals surface area contributed by atoms with Crippen molar-refractivity contribution in [2.45, 2.75) is 70.6 Å². The summed E-state index contributed by atoms with van der Waals surface area (Å²) >= 11 is 0. The molecule has 0 aliphatic carbocycles. The molecule has 3 rings (SSSR count). The van der Waals surface area contributed by atoms with Gasteiger partial charge in [-0.3, -0.25) is 9.59 Å². The molecule has 0 heterocycles. The van der Waals surface area contributed by atoms with Gasteiger partial charge in [-0.1, -0.05) is 66.7 Å². The van der Waals surface area contributed by atoms with Crippen LogP contribution in [0.3, 0.4) is 0 Å². The number of hydrogen-bond donors (Lipinski definition) is 4. The molecule has 242 valence electrons. The van der Waals surface area contributed by atoms with E-state index in [0.29, 0.717) is 5.56 Å². The van der Waals surface area contributed by atoms with Gasteiger partial charge in [-0.25, -0.2) is 4.79 Å². The molecule has 0 aliphatic heterocycles. The number of carbonyl (C=O) groups excluding carboxylic acids is 3. The van der Waals surface area contributed by atoms with Crippen LogP contribution in [0.15, 0.2) is 78.9 Å². The predicted molar refractivity (Wildman–Crippen MR) is 163 cm³/mol. The average Bonchev–Trinajstić information content (AvgIpc) is 2.98. The Kier molecular flexibility index (Phi) is 12.4. The maximum Gasteiger partial charge on any atom is 0.422 e. The van der Waals surface area contributed by atoms with E-state index in [-0.39, 0.29) is 31.7 Å². The summed E-state index contributed by atoms with van der Waals surface area (Å²) in [5, 5.41) is 8.30. The molecule has 0 aromatic heterocycles. The van der Waals surface area contributed by atoms with Gasteiger partial charge in [-0.05, 0) is 61.6 Å². The van der Waals surface area contributed by atoms with Crippen molar-refractivity contribution in [3.8, 4) is 5.75 Å². The highest BCUT2D eigenvalue weighted by Crippen LogP contribution is 2.19. The number of halogens is 3. The molecule has 0 bridgehead atoms. The van der Waals surface area contributed by atoms with Gasteiger partial charge in [-0.2, -0.15) is 13.2 Å². The molecule has 0 unspecified atom stereocenters. The quantitative estimate of drug-likeness (QED) is 0.220. The van der Waals surface area contributed by atoms with E-state index in [1.165, 1.54) is 24.3 Å². The van der Waals surface area contributed by atoms with E-state index in [1.54, 1.807) is 20.8 Å². The van der Waals surface area contributed by atoms with Crippen molar-refractivity contribution in [2.24, 2.45) is 5.73 Å². The Morgan fingerprint density at radius 2 is 1.27 bits per heavy atom. The molecule has 0 saturated carbocycles. The summed E-state index contributed by atoms with van der Waals surface area (Å²) in [6.07, 6.45) is -4.64. The van der Waals surface area contributed by atoms with Crippen LogP contribution in [0, 0.1) is 0 Å². The van der Waals surface area contributed by atoms with E-state index in [1.807, 2.05) is 54.6 Å². The topological polar surface area (TPSA) is 132 Å². The molecule has 0 spiro atoms. The number of nitrogens with one attached hydrogen (secondary N) is 3. The Balaban J connectivity index is 1.56. The van der Waals surface area contributed by atoms with Crippen molar-refractivity contribution in [1.82, 2.24) is 16.0 Å². The second-order valence-electron chi connectivity index (χ2n) is 11.5. The Morgan fingerprint density at radius 1 is 0.733 bits per heavy atom. The summed E-state index contributed by atoms with van der Waals surface area (Å²) in [7, 11) is 0. The SMILES string of the molecule is CC(C)(C)OC(=O)NCc1ccc(CNC(=O)[C@H](Cc2ccccc2)NC(=O)[C@H](N)Cc2ccc(OCC(F)(F)F)cc2)cc1. The fraction of sp³-hybridized carbons (Fsp3) is 0.364. The monoisotopic (exact) mass is 628 g/mol. The first kappa shape index (κ1) is 34.9. The third-order valence-corrected chi connectivity index (χ3v) is 6.36. The minimum Gasteiger partial charge on any atom is -0.484 e. The highest BCUT2D eigenvalue weighted by Gasteiger charge is 2.28. The van der Waals surface area contributed by atoms with Crippen molar-refractivity contribution in [3.05, 3.63) is 101 Å². The summed E-state index contributed by atoms with van der Waals surface area (Å²) < 4.78 is 47.1. The van der Waals surface area contributed by atoms with Gasteiger partial charge in [-0.15, -0.1) is 0 Å². The third kappa shape index (κ3) is 13.3. The second kappa shape index (κ2) is 15.9. The molecular formula is C33H39F3N4O5. The zero-order chi connectivity index (χ0) is 33.0. The molecule has 0 aliphatic rings. The second-order valence-corrected chi connectivity index (χ2v) is 11.5. The first-order valence-electron chi connectivity index (χ1n) is 14.4. The van der Waals surface area contributed by atoms with Crippen LogP contribution in [-0.4, -0.2) is 48.4 Å². The minimum atomic E-state index is -4.45.